The van der Waals surface area contributed by atoms with Gasteiger partial charge in [0.05, 0.1) is 5.92 Å². The SMILES string of the molecule is Cc1ccc(OS(=O)(=O)N2CCC[C@H](C(F)(F)F)C2)cc1. The van der Waals surface area contributed by atoms with E-state index in [1.54, 1.807) is 12.1 Å². The van der Waals surface area contributed by atoms with Gasteiger partial charge in [-0.25, -0.2) is 0 Å². The van der Waals surface area contributed by atoms with Gasteiger partial charge in [0, 0.05) is 13.1 Å². The standard InChI is InChI=1S/C13H16F3NO3S/c1-10-4-6-12(7-5-10)20-21(18,19)17-8-2-3-11(9-17)13(14,15)16/h4-7,11H,2-3,8-9H2,1H3/t11-/m0/s1. The molecule has 0 unspecified atom stereocenters. The molecule has 0 amide bonds. The van der Waals surface area contributed by atoms with Gasteiger partial charge < -0.3 is 4.18 Å². The van der Waals surface area contributed by atoms with Gasteiger partial charge in [-0.3, -0.25) is 0 Å². The summed E-state index contributed by atoms with van der Waals surface area (Å²) in [5.74, 6) is -1.54. The van der Waals surface area contributed by atoms with Crippen LogP contribution in [0.25, 0.3) is 0 Å². The molecule has 1 aliphatic rings. The molecule has 1 aromatic rings. The number of hydrogen-bond acceptors (Lipinski definition) is 3. The molecule has 0 aliphatic carbocycles. The molecule has 0 N–H and O–H groups in total. The lowest BCUT2D eigenvalue weighted by Gasteiger charge is -2.32. The third-order valence-electron chi connectivity index (χ3n) is 3.39. The summed E-state index contributed by atoms with van der Waals surface area (Å²) in [5.41, 5.74) is 0.926. The van der Waals surface area contributed by atoms with Crippen LogP contribution in [0.15, 0.2) is 24.3 Å². The topological polar surface area (TPSA) is 46.6 Å². The molecular weight excluding hydrogens is 307 g/mol. The van der Waals surface area contributed by atoms with Crippen molar-refractivity contribution in [2.45, 2.75) is 25.9 Å². The molecule has 1 aromatic carbocycles. The van der Waals surface area contributed by atoms with Gasteiger partial charge in [-0.2, -0.15) is 25.9 Å². The van der Waals surface area contributed by atoms with E-state index in [0.717, 1.165) is 9.87 Å². The van der Waals surface area contributed by atoms with Gasteiger partial charge in [0.15, 0.2) is 0 Å². The van der Waals surface area contributed by atoms with Crippen molar-refractivity contribution in [2.75, 3.05) is 13.1 Å². The van der Waals surface area contributed by atoms with E-state index >= 15 is 0 Å². The first-order chi connectivity index (χ1) is 9.68. The summed E-state index contributed by atoms with van der Waals surface area (Å²) in [6.07, 6.45) is -4.28. The number of benzene rings is 1. The maximum absolute atomic E-state index is 12.7. The van der Waals surface area contributed by atoms with E-state index in [-0.39, 0.29) is 25.1 Å². The molecule has 0 radical (unpaired) electrons. The van der Waals surface area contributed by atoms with Crippen molar-refractivity contribution in [2.24, 2.45) is 5.92 Å². The molecule has 0 spiro atoms. The molecule has 2 rings (SSSR count). The van der Waals surface area contributed by atoms with Crippen LogP contribution in [-0.4, -0.2) is 32.0 Å². The zero-order chi connectivity index (χ0) is 15.7. The summed E-state index contributed by atoms with van der Waals surface area (Å²) < 4.78 is 67.9. The highest BCUT2D eigenvalue weighted by molar-refractivity contribution is 7.84. The molecule has 1 aliphatic heterocycles. The Balaban J connectivity index is 2.10. The molecule has 1 heterocycles. The van der Waals surface area contributed by atoms with Crippen LogP contribution in [0, 0.1) is 12.8 Å². The zero-order valence-corrected chi connectivity index (χ0v) is 12.2. The highest BCUT2D eigenvalue weighted by Gasteiger charge is 2.44. The Morgan fingerprint density at radius 2 is 1.86 bits per heavy atom. The van der Waals surface area contributed by atoms with Crippen molar-refractivity contribution in [1.82, 2.24) is 4.31 Å². The summed E-state index contributed by atoms with van der Waals surface area (Å²) in [6, 6.07) is 6.27. The Hall–Kier alpha value is -1.28. The first-order valence-electron chi connectivity index (χ1n) is 6.51. The Morgan fingerprint density at radius 3 is 2.43 bits per heavy atom. The van der Waals surface area contributed by atoms with Crippen LogP contribution in [0.3, 0.4) is 0 Å². The van der Waals surface area contributed by atoms with Gasteiger partial charge in [0.1, 0.15) is 5.75 Å². The van der Waals surface area contributed by atoms with Crippen molar-refractivity contribution in [1.29, 1.82) is 0 Å². The van der Waals surface area contributed by atoms with E-state index in [4.69, 9.17) is 4.18 Å². The Kier molecular flexibility index (Phi) is 4.48. The van der Waals surface area contributed by atoms with E-state index in [9.17, 15) is 21.6 Å². The highest BCUT2D eigenvalue weighted by Crippen LogP contribution is 2.34. The number of piperidine rings is 1. The lowest BCUT2D eigenvalue weighted by molar-refractivity contribution is -0.182. The Labute approximate surface area is 121 Å². The summed E-state index contributed by atoms with van der Waals surface area (Å²) >= 11 is 0. The molecule has 0 aromatic heterocycles. The zero-order valence-electron chi connectivity index (χ0n) is 11.4. The van der Waals surface area contributed by atoms with Crippen LogP contribution in [0.2, 0.25) is 0 Å². The average molecular weight is 323 g/mol. The second-order valence-electron chi connectivity index (χ2n) is 5.09. The van der Waals surface area contributed by atoms with E-state index in [1.807, 2.05) is 6.92 Å². The third kappa shape index (κ3) is 4.10. The van der Waals surface area contributed by atoms with Crippen LogP contribution in [-0.2, 0) is 10.3 Å². The number of halogens is 3. The van der Waals surface area contributed by atoms with Gasteiger partial charge in [-0.05, 0) is 31.9 Å². The van der Waals surface area contributed by atoms with E-state index < -0.39 is 28.9 Å². The Morgan fingerprint density at radius 1 is 1.24 bits per heavy atom. The third-order valence-corrected chi connectivity index (χ3v) is 4.75. The molecule has 118 valence electrons. The predicted molar refractivity (Wildman–Crippen MR) is 71.1 cm³/mol. The molecule has 4 nitrogen and oxygen atoms in total. The smallest absolute Gasteiger partial charge is 0.371 e. The minimum Gasteiger partial charge on any atom is -0.371 e. The van der Waals surface area contributed by atoms with Gasteiger partial charge in [-0.15, -0.1) is 0 Å². The normalized spacial score (nSPS) is 21.2. The maximum atomic E-state index is 12.7. The van der Waals surface area contributed by atoms with Crippen LogP contribution >= 0.6 is 0 Å². The molecule has 1 atom stereocenters. The molecule has 0 saturated carbocycles. The maximum Gasteiger partial charge on any atom is 0.393 e. The lowest BCUT2D eigenvalue weighted by atomic mass is 9.99. The number of rotatable bonds is 3. The minimum absolute atomic E-state index is 0.0424. The van der Waals surface area contributed by atoms with Crippen molar-refractivity contribution >= 4 is 10.3 Å². The number of aryl methyl sites for hydroxylation is 1. The fourth-order valence-electron chi connectivity index (χ4n) is 2.18. The molecule has 8 heteroatoms. The second kappa shape index (κ2) is 5.84. The summed E-state index contributed by atoms with van der Waals surface area (Å²) in [7, 11) is -4.21. The minimum atomic E-state index is -4.39. The first kappa shape index (κ1) is 16.1. The first-order valence-corrected chi connectivity index (χ1v) is 7.88. The van der Waals surface area contributed by atoms with Gasteiger partial charge in [0.25, 0.3) is 0 Å². The van der Waals surface area contributed by atoms with E-state index in [2.05, 4.69) is 0 Å². The van der Waals surface area contributed by atoms with Gasteiger partial charge in [-0.1, -0.05) is 17.7 Å². The number of hydrogen-bond donors (Lipinski definition) is 0. The molecule has 0 bridgehead atoms. The van der Waals surface area contributed by atoms with Crippen LogP contribution in [0.1, 0.15) is 18.4 Å². The molecule has 1 fully saturated rings. The fourth-order valence-corrected chi connectivity index (χ4v) is 3.36. The molecular formula is C13H16F3NO3S. The van der Waals surface area contributed by atoms with E-state index in [1.165, 1.54) is 12.1 Å². The Bertz CT molecular complexity index is 584. The molecule has 21 heavy (non-hydrogen) atoms. The van der Waals surface area contributed by atoms with Gasteiger partial charge >= 0.3 is 16.5 Å². The quantitative estimate of drug-likeness (QED) is 0.859. The molecule has 1 saturated heterocycles. The average Bonchev–Trinajstić information content (AvgIpc) is 2.40. The van der Waals surface area contributed by atoms with Crippen molar-refractivity contribution in [3.8, 4) is 5.75 Å². The lowest BCUT2D eigenvalue weighted by Crippen LogP contribution is -2.45. The predicted octanol–water partition coefficient (Wildman–Crippen LogP) is 2.89. The largest absolute Gasteiger partial charge is 0.393 e. The number of alkyl halides is 3. The number of nitrogens with zero attached hydrogens (tertiary/aromatic N) is 1. The van der Waals surface area contributed by atoms with Crippen LogP contribution < -0.4 is 4.18 Å². The van der Waals surface area contributed by atoms with Crippen molar-refractivity contribution in [3.63, 3.8) is 0 Å². The summed E-state index contributed by atoms with van der Waals surface area (Å²) in [4.78, 5) is 0. The van der Waals surface area contributed by atoms with Gasteiger partial charge in [0.2, 0.25) is 0 Å². The highest BCUT2D eigenvalue weighted by atomic mass is 32.2. The summed E-state index contributed by atoms with van der Waals surface area (Å²) in [5, 5.41) is 0. The van der Waals surface area contributed by atoms with Crippen LogP contribution in [0.4, 0.5) is 13.2 Å². The van der Waals surface area contributed by atoms with E-state index in [0.29, 0.717) is 0 Å². The second-order valence-corrected chi connectivity index (χ2v) is 6.63. The monoisotopic (exact) mass is 323 g/mol. The van der Waals surface area contributed by atoms with Crippen molar-refractivity contribution < 1.29 is 25.8 Å². The van der Waals surface area contributed by atoms with Crippen molar-refractivity contribution in [3.05, 3.63) is 29.8 Å². The van der Waals surface area contributed by atoms with Crippen LogP contribution in [0.5, 0.6) is 5.75 Å². The fraction of sp³-hybridized carbons (Fsp3) is 0.538. The summed E-state index contributed by atoms with van der Waals surface area (Å²) in [6.45, 7) is 1.29.